The average Bonchev–Trinajstić information content (AvgIpc) is 2.88. The van der Waals surface area contributed by atoms with Gasteiger partial charge in [0.25, 0.3) is 0 Å². The number of carbonyl (C=O) groups is 1. The molecule has 0 saturated carbocycles. The highest BCUT2D eigenvalue weighted by molar-refractivity contribution is 6.32. The number of hydrogen-bond donors (Lipinski definition) is 1. The zero-order chi connectivity index (χ0) is 28.1. The van der Waals surface area contributed by atoms with Crippen LogP contribution in [0.1, 0.15) is 47.2 Å². The predicted molar refractivity (Wildman–Crippen MR) is 144 cm³/mol. The van der Waals surface area contributed by atoms with Crippen LogP contribution in [0, 0.1) is 6.92 Å². The Balaban J connectivity index is 0.00000247. The second kappa shape index (κ2) is 15.5. The van der Waals surface area contributed by atoms with Crippen LogP contribution in [0.3, 0.4) is 0 Å². The summed E-state index contributed by atoms with van der Waals surface area (Å²) >= 11 is 6.19. The van der Waals surface area contributed by atoms with Crippen molar-refractivity contribution < 1.29 is 27.8 Å². The van der Waals surface area contributed by atoms with Crippen molar-refractivity contribution in [3.05, 3.63) is 93.8 Å². The van der Waals surface area contributed by atoms with E-state index in [9.17, 15) is 18.0 Å². The fourth-order valence-corrected chi connectivity index (χ4v) is 4.34. The van der Waals surface area contributed by atoms with Gasteiger partial charge in [-0.2, -0.15) is 13.2 Å². The van der Waals surface area contributed by atoms with E-state index in [0.29, 0.717) is 43.9 Å². The van der Waals surface area contributed by atoms with Crippen LogP contribution in [0.4, 0.5) is 13.2 Å². The van der Waals surface area contributed by atoms with Gasteiger partial charge in [0, 0.05) is 51.0 Å². The van der Waals surface area contributed by atoms with Crippen molar-refractivity contribution in [1.82, 2.24) is 9.88 Å². The van der Waals surface area contributed by atoms with E-state index in [2.05, 4.69) is 16.8 Å². The number of halogens is 4. The standard InChI is InChI=1S/C28H30ClF3N2O2.CH4O/c1-20-10-12-33-26(16-20)21(2)18-34(19-23-7-4-9-25(27(23)29)28(30,31)32)13-5-15-36-24-8-3-6-22(17-24)11-14-35;1-2/h3-4,6-10,12,14,16-17,21H,5,11,13,15,18-19H2,1-2H3;2H,1H3. The van der Waals surface area contributed by atoms with Gasteiger partial charge in [-0.05, 0) is 60.4 Å². The third-order valence-electron chi connectivity index (χ3n) is 5.86. The molecule has 5 nitrogen and oxygen atoms in total. The first kappa shape index (κ1) is 31.3. The Labute approximate surface area is 227 Å². The van der Waals surface area contributed by atoms with Crippen molar-refractivity contribution in [2.75, 3.05) is 26.8 Å². The number of nitrogens with zero attached hydrogens (tertiary/aromatic N) is 2. The molecule has 1 heterocycles. The first-order valence-corrected chi connectivity index (χ1v) is 12.6. The van der Waals surface area contributed by atoms with Crippen molar-refractivity contribution in [2.45, 2.75) is 45.3 Å². The molecule has 206 valence electrons. The summed E-state index contributed by atoms with van der Waals surface area (Å²) in [6.45, 7) is 5.94. The Kier molecular flexibility index (Phi) is 12.7. The van der Waals surface area contributed by atoms with Crippen LogP contribution in [-0.2, 0) is 23.9 Å². The minimum absolute atomic E-state index is 0.0652. The molecule has 0 saturated heterocycles. The lowest BCUT2D eigenvalue weighted by Crippen LogP contribution is -2.30. The first-order valence-electron chi connectivity index (χ1n) is 12.3. The molecule has 9 heteroatoms. The van der Waals surface area contributed by atoms with Crippen molar-refractivity contribution in [2.24, 2.45) is 0 Å². The molecule has 0 fully saturated rings. The van der Waals surface area contributed by atoms with Crippen LogP contribution in [0.25, 0.3) is 0 Å². The largest absolute Gasteiger partial charge is 0.494 e. The van der Waals surface area contributed by atoms with Crippen LogP contribution in [0.5, 0.6) is 5.75 Å². The molecule has 2 aromatic carbocycles. The highest BCUT2D eigenvalue weighted by Crippen LogP contribution is 2.36. The van der Waals surface area contributed by atoms with Crippen LogP contribution < -0.4 is 4.74 Å². The average molecular weight is 551 g/mol. The van der Waals surface area contributed by atoms with Gasteiger partial charge in [0.05, 0.1) is 17.2 Å². The summed E-state index contributed by atoms with van der Waals surface area (Å²) in [4.78, 5) is 17.3. The third-order valence-corrected chi connectivity index (χ3v) is 6.30. The quantitative estimate of drug-likeness (QED) is 0.206. The fourth-order valence-electron chi connectivity index (χ4n) is 4.04. The molecule has 1 aromatic heterocycles. The number of aryl methyl sites for hydroxylation is 1. The van der Waals surface area contributed by atoms with E-state index in [0.717, 1.165) is 36.3 Å². The van der Waals surface area contributed by atoms with E-state index in [-0.39, 0.29) is 17.5 Å². The molecule has 3 aromatic rings. The Morgan fingerprint density at radius 2 is 1.87 bits per heavy atom. The summed E-state index contributed by atoms with van der Waals surface area (Å²) in [6.07, 6.45) is -0.916. The van der Waals surface area contributed by atoms with E-state index in [1.165, 1.54) is 6.07 Å². The summed E-state index contributed by atoms with van der Waals surface area (Å²) in [5.41, 5.74) is 2.51. The zero-order valence-electron chi connectivity index (χ0n) is 21.8. The molecule has 1 atom stereocenters. The number of alkyl halides is 3. The van der Waals surface area contributed by atoms with E-state index >= 15 is 0 Å². The molecular weight excluding hydrogens is 517 g/mol. The molecular formula is C29H34ClF3N2O3. The molecule has 0 amide bonds. The van der Waals surface area contributed by atoms with Gasteiger partial charge in [-0.1, -0.05) is 42.8 Å². The van der Waals surface area contributed by atoms with E-state index in [1.54, 1.807) is 12.3 Å². The third kappa shape index (κ3) is 9.74. The molecule has 0 aliphatic rings. The summed E-state index contributed by atoms with van der Waals surface area (Å²) < 4.78 is 46.0. The Bertz CT molecular complexity index is 1160. The number of pyridine rings is 1. The van der Waals surface area contributed by atoms with Crippen molar-refractivity contribution >= 4 is 17.9 Å². The van der Waals surface area contributed by atoms with Crippen LogP contribution >= 0.6 is 11.6 Å². The van der Waals surface area contributed by atoms with Crippen LogP contribution in [-0.4, -0.2) is 48.1 Å². The van der Waals surface area contributed by atoms with Crippen molar-refractivity contribution in [3.63, 3.8) is 0 Å². The lowest BCUT2D eigenvalue weighted by atomic mass is 10.0. The summed E-state index contributed by atoms with van der Waals surface area (Å²) in [5, 5.41) is 6.74. The normalized spacial score (nSPS) is 12.0. The summed E-state index contributed by atoms with van der Waals surface area (Å²) in [6, 6.07) is 15.4. The fraction of sp³-hybridized carbons (Fsp3) is 0.379. The number of ether oxygens (including phenoxy) is 1. The summed E-state index contributed by atoms with van der Waals surface area (Å²) in [7, 11) is 1.00. The lowest BCUT2D eigenvalue weighted by molar-refractivity contribution is -0.137. The molecule has 0 spiro atoms. The molecule has 1 N–H and O–H groups in total. The van der Waals surface area contributed by atoms with Gasteiger partial charge in [-0.25, -0.2) is 0 Å². The molecule has 0 aliphatic carbocycles. The highest BCUT2D eigenvalue weighted by Gasteiger charge is 2.34. The minimum atomic E-state index is -4.51. The summed E-state index contributed by atoms with van der Waals surface area (Å²) in [5.74, 6) is 0.745. The Hall–Kier alpha value is -2.94. The maximum atomic E-state index is 13.4. The molecule has 38 heavy (non-hydrogen) atoms. The Morgan fingerprint density at radius 3 is 2.55 bits per heavy atom. The van der Waals surface area contributed by atoms with Gasteiger partial charge in [0.15, 0.2) is 0 Å². The number of aromatic nitrogens is 1. The number of rotatable bonds is 12. The molecule has 0 bridgehead atoms. The zero-order valence-corrected chi connectivity index (χ0v) is 22.6. The second-order valence-corrected chi connectivity index (χ2v) is 9.27. The number of hydrogen-bond acceptors (Lipinski definition) is 5. The number of aliphatic hydroxyl groups is 1. The Morgan fingerprint density at radius 1 is 1.13 bits per heavy atom. The van der Waals surface area contributed by atoms with E-state index < -0.39 is 11.7 Å². The smallest absolute Gasteiger partial charge is 0.417 e. The van der Waals surface area contributed by atoms with Gasteiger partial charge in [-0.15, -0.1) is 0 Å². The first-order chi connectivity index (χ1) is 18.2. The molecule has 0 radical (unpaired) electrons. The number of carbonyl (C=O) groups excluding carboxylic acids is 1. The number of aliphatic hydroxyl groups excluding tert-OH is 1. The van der Waals surface area contributed by atoms with Crippen LogP contribution in [0.2, 0.25) is 5.02 Å². The highest BCUT2D eigenvalue weighted by atomic mass is 35.5. The number of benzene rings is 2. The topological polar surface area (TPSA) is 62.7 Å². The van der Waals surface area contributed by atoms with Crippen LogP contribution in [0.15, 0.2) is 60.8 Å². The van der Waals surface area contributed by atoms with Gasteiger partial charge >= 0.3 is 6.18 Å². The molecule has 1 unspecified atom stereocenters. The maximum absolute atomic E-state index is 13.4. The van der Waals surface area contributed by atoms with Crippen molar-refractivity contribution in [1.29, 1.82) is 0 Å². The van der Waals surface area contributed by atoms with E-state index in [1.807, 2.05) is 43.3 Å². The minimum Gasteiger partial charge on any atom is -0.494 e. The lowest BCUT2D eigenvalue weighted by Gasteiger charge is -2.27. The predicted octanol–water partition coefficient (Wildman–Crippen LogP) is 6.49. The monoisotopic (exact) mass is 550 g/mol. The van der Waals surface area contributed by atoms with Gasteiger partial charge in [-0.3, -0.25) is 9.88 Å². The van der Waals surface area contributed by atoms with Gasteiger partial charge < -0.3 is 14.6 Å². The maximum Gasteiger partial charge on any atom is 0.417 e. The second-order valence-electron chi connectivity index (χ2n) is 8.89. The molecule has 3 rings (SSSR count). The number of aldehydes is 1. The van der Waals surface area contributed by atoms with E-state index in [4.69, 9.17) is 21.4 Å². The van der Waals surface area contributed by atoms with Gasteiger partial charge in [0.2, 0.25) is 0 Å². The van der Waals surface area contributed by atoms with Gasteiger partial charge in [0.1, 0.15) is 12.0 Å². The SMILES string of the molecule is CO.Cc1ccnc(C(C)CN(CCCOc2cccc(CC=O)c2)Cc2cccc(C(F)(F)F)c2Cl)c1. The molecule has 0 aliphatic heterocycles. The van der Waals surface area contributed by atoms with Crippen molar-refractivity contribution in [3.8, 4) is 5.75 Å².